The third kappa shape index (κ3) is 5.15. The fourth-order valence-corrected chi connectivity index (χ4v) is 3.59. The fourth-order valence-electron chi connectivity index (χ4n) is 3.59. The summed E-state index contributed by atoms with van der Waals surface area (Å²) in [4.78, 5) is 21.6. The van der Waals surface area contributed by atoms with Crippen LogP contribution in [0.3, 0.4) is 0 Å². The molecule has 148 valence electrons. The van der Waals surface area contributed by atoms with Gasteiger partial charge in [0.15, 0.2) is 5.82 Å². The first-order chi connectivity index (χ1) is 12.9. The average Bonchev–Trinajstić information content (AvgIpc) is 3.17. The lowest BCUT2D eigenvalue weighted by molar-refractivity contribution is -0.132. The highest BCUT2D eigenvalue weighted by Gasteiger charge is 2.32. The molecule has 0 aliphatic carbocycles. The molecule has 8 nitrogen and oxygen atoms in total. The second-order valence-corrected chi connectivity index (χ2v) is 7.81. The van der Waals surface area contributed by atoms with E-state index < -0.39 is 0 Å². The van der Waals surface area contributed by atoms with Crippen molar-refractivity contribution in [2.75, 3.05) is 26.2 Å². The third-order valence-electron chi connectivity index (χ3n) is 4.81. The summed E-state index contributed by atoms with van der Waals surface area (Å²) >= 11 is 0. The standard InChI is InChI=1S/C19H30N6O2/c1-14(2)11-23-7-5-8-24(13-17(23)19-21-16(4)22-27-19)18(26)6-9-25-12-15(3)10-20-25/h10,12,14,17H,5-9,11,13H2,1-4H3. The first-order valence-electron chi connectivity index (χ1n) is 9.73. The van der Waals surface area contributed by atoms with Crippen molar-refractivity contribution in [2.45, 2.75) is 53.1 Å². The molecule has 0 spiro atoms. The molecular weight excluding hydrogens is 344 g/mol. The van der Waals surface area contributed by atoms with Gasteiger partial charge in [0, 0.05) is 45.3 Å². The van der Waals surface area contributed by atoms with Gasteiger partial charge in [-0.3, -0.25) is 14.4 Å². The minimum atomic E-state index is -0.0491. The number of aromatic nitrogens is 4. The summed E-state index contributed by atoms with van der Waals surface area (Å²) in [7, 11) is 0. The van der Waals surface area contributed by atoms with Crippen molar-refractivity contribution in [3.63, 3.8) is 0 Å². The van der Waals surface area contributed by atoms with Crippen molar-refractivity contribution in [2.24, 2.45) is 5.92 Å². The van der Waals surface area contributed by atoms with Gasteiger partial charge in [-0.1, -0.05) is 19.0 Å². The van der Waals surface area contributed by atoms with Gasteiger partial charge in [-0.25, -0.2) is 0 Å². The summed E-state index contributed by atoms with van der Waals surface area (Å²) in [6, 6.07) is -0.0491. The maximum absolute atomic E-state index is 12.8. The van der Waals surface area contributed by atoms with Crippen molar-refractivity contribution in [3.05, 3.63) is 29.7 Å². The van der Waals surface area contributed by atoms with E-state index >= 15 is 0 Å². The van der Waals surface area contributed by atoms with Gasteiger partial charge < -0.3 is 9.42 Å². The van der Waals surface area contributed by atoms with Crippen molar-refractivity contribution in [1.29, 1.82) is 0 Å². The van der Waals surface area contributed by atoms with E-state index in [-0.39, 0.29) is 11.9 Å². The summed E-state index contributed by atoms with van der Waals surface area (Å²) in [6.07, 6.45) is 5.17. The molecule has 1 aliphatic rings. The van der Waals surface area contributed by atoms with E-state index in [2.05, 4.69) is 34.0 Å². The number of carbonyl (C=O) groups is 1. The average molecular weight is 374 g/mol. The number of hydrogen-bond acceptors (Lipinski definition) is 6. The summed E-state index contributed by atoms with van der Waals surface area (Å²) in [6.45, 7) is 12.1. The van der Waals surface area contributed by atoms with Crippen LogP contribution in [0.15, 0.2) is 16.9 Å². The SMILES string of the molecule is Cc1cnn(CCC(=O)N2CCCN(CC(C)C)C(c3nc(C)no3)C2)c1. The Bertz CT molecular complexity index is 753. The van der Waals surface area contributed by atoms with Gasteiger partial charge in [0.1, 0.15) is 6.04 Å². The Balaban J connectivity index is 1.69. The van der Waals surface area contributed by atoms with Crippen molar-refractivity contribution in [3.8, 4) is 0 Å². The van der Waals surface area contributed by atoms with E-state index in [1.54, 1.807) is 0 Å². The summed E-state index contributed by atoms with van der Waals surface area (Å²) < 4.78 is 7.30. The molecule has 1 atom stereocenters. The van der Waals surface area contributed by atoms with E-state index in [0.29, 0.717) is 37.1 Å². The molecule has 1 saturated heterocycles. The number of amides is 1. The van der Waals surface area contributed by atoms with Crippen LogP contribution in [-0.2, 0) is 11.3 Å². The fraction of sp³-hybridized carbons (Fsp3) is 0.684. The maximum Gasteiger partial charge on any atom is 0.245 e. The predicted molar refractivity (Wildman–Crippen MR) is 101 cm³/mol. The zero-order valence-corrected chi connectivity index (χ0v) is 16.8. The van der Waals surface area contributed by atoms with Crippen LogP contribution in [0, 0.1) is 19.8 Å². The molecule has 0 saturated carbocycles. The lowest BCUT2D eigenvalue weighted by atomic mass is 10.1. The molecule has 3 heterocycles. The minimum absolute atomic E-state index is 0.0491. The number of hydrogen-bond donors (Lipinski definition) is 0. The van der Waals surface area contributed by atoms with Crippen LogP contribution in [0.1, 0.15) is 50.0 Å². The van der Waals surface area contributed by atoms with Crippen molar-refractivity contribution >= 4 is 5.91 Å². The zero-order valence-electron chi connectivity index (χ0n) is 16.8. The molecule has 0 N–H and O–H groups in total. The van der Waals surface area contributed by atoms with Gasteiger partial charge in [-0.05, 0) is 31.7 Å². The molecular formula is C19H30N6O2. The van der Waals surface area contributed by atoms with Crippen molar-refractivity contribution in [1.82, 2.24) is 29.7 Å². The number of nitrogens with zero attached hydrogens (tertiary/aromatic N) is 6. The molecule has 0 radical (unpaired) electrons. The van der Waals surface area contributed by atoms with E-state index in [1.165, 1.54) is 0 Å². The van der Waals surface area contributed by atoms with Gasteiger partial charge in [-0.15, -0.1) is 0 Å². The van der Waals surface area contributed by atoms with Crippen LogP contribution < -0.4 is 0 Å². The Morgan fingerprint density at radius 3 is 2.78 bits per heavy atom. The van der Waals surface area contributed by atoms with E-state index in [1.807, 2.05) is 35.8 Å². The van der Waals surface area contributed by atoms with Gasteiger partial charge in [-0.2, -0.15) is 10.1 Å². The zero-order chi connectivity index (χ0) is 19.4. The van der Waals surface area contributed by atoms with Gasteiger partial charge in [0.2, 0.25) is 11.8 Å². The van der Waals surface area contributed by atoms with Crippen LogP contribution in [-0.4, -0.2) is 61.8 Å². The largest absolute Gasteiger partial charge is 0.340 e. The minimum Gasteiger partial charge on any atom is -0.340 e. The summed E-state index contributed by atoms with van der Waals surface area (Å²) in [5.74, 6) is 1.92. The number of carbonyl (C=O) groups excluding carboxylic acids is 1. The second kappa shape index (κ2) is 8.65. The lowest BCUT2D eigenvalue weighted by Gasteiger charge is -2.30. The Morgan fingerprint density at radius 2 is 2.15 bits per heavy atom. The molecule has 1 aliphatic heterocycles. The monoisotopic (exact) mass is 374 g/mol. The van der Waals surface area contributed by atoms with E-state index in [4.69, 9.17) is 4.52 Å². The molecule has 1 fully saturated rings. The Labute approximate surface area is 160 Å². The number of rotatable bonds is 6. The Kier molecular flexibility index (Phi) is 6.26. The van der Waals surface area contributed by atoms with Crippen LogP contribution >= 0.6 is 0 Å². The van der Waals surface area contributed by atoms with Crippen LogP contribution in [0.5, 0.6) is 0 Å². The molecule has 0 aromatic carbocycles. The normalized spacial score (nSPS) is 18.9. The molecule has 1 amide bonds. The summed E-state index contributed by atoms with van der Waals surface area (Å²) in [5.41, 5.74) is 1.10. The molecule has 2 aromatic rings. The molecule has 0 bridgehead atoms. The van der Waals surface area contributed by atoms with Crippen LogP contribution in [0.25, 0.3) is 0 Å². The van der Waals surface area contributed by atoms with Crippen LogP contribution in [0.2, 0.25) is 0 Å². The highest BCUT2D eigenvalue weighted by atomic mass is 16.5. The van der Waals surface area contributed by atoms with Gasteiger partial charge >= 0.3 is 0 Å². The van der Waals surface area contributed by atoms with Crippen LogP contribution in [0.4, 0.5) is 0 Å². The van der Waals surface area contributed by atoms with E-state index in [9.17, 15) is 4.79 Å². The smallest absolute Gasteiger partial charge is 0.245 e. The first-order valence-corrected chi connectivity index (χ1v) is 9.73. The van der Waals surface area contributed by atoms with E-state index in [0.717, 1.165) is 31.6 Å². The Morgan fingerprint density at radius 1 is 1.33 bits per heavy atom. The molecule has 1 unspecified atom stereocenters. The lowest BCUT2D eigenvalue weighted by Crippen LogP contribution is -2.39. The maximum atomic E-state index is 12.8. The third-order valence-corrected chi connectivity index (χ3v) is 4.81. The predicted octanol–water partition coefficient (Wildman–Crippen LogP) is 2.20. The quantitative estimate of drug-likeness (QED) is 0.771. The highest BCUT2D eigenvalue weighted by molar-refractivity contribution is 5.76. The molecule has 2 aromatic heterocycles. The topological polar surface area (TPSA) is 80.3 Å². The Hall–Kier alpha value is -2.22. The molecule has 3 rings (SSSR count). The highest BCUT2D eigenvalue weighted by Crippen LogP contribution is 2.25. The second-order valence-electron chi connectivity index (χ2n) is 7.81. The first kappa shape index (κ1) is 19.5. The van der Waals surface area contributed by atoms with Gasteiger partial charge in [0.05, 0.1) is 6.20 Å². The van der Waals surface area contributed by atoms with Crippen molar-refractivity contribution < 1.29 is 9.32 Å². The molecule has 27 heavy (non-hydrogen) atoms. The van der Waals surface area contributed by atoms with Gasteiger partial charge in [0.25, 0.3) is 0 Å². The summed E-state index contributed by atoms with van der Waals surface area (Å²) in [5, 5.41) is 8.22. The molecule has 8 heteroatoms. The number of aryl methyl sites for hydroxylation is 3.